The summed E-state index contributed by atoms with van der Waals surface area (Å²) in [6.45, 7) is 4.43. The third kappa shape index (κ3) is 3.86. The average molecular weight is 348 g/mol. The zero-order chi connectivity index (χ0) is 18.5. The second-order valence-electron chi connectivity index (χ2n) is 6.44. The topological polar surface area (TPSA) is 52.6 Å². The minimum Gasteiger partial charge on any atom is -0.369 e. The summed E-state index contributed by atoms with van der Waals surface area (Å²) in [5, 5.41) is 13.7. The highest BCUT2D eigenvalue weighted by Crippen LogP contribution is 2.30. The molecule has 1 amide bonds. The summed E-state index contributed by atoms with van der Waals surface area (Å²) >= 11 is 0. The van der Waals surface area contributed by atoms with Gasteiger partial charge in [0, 0.05) is 17.9 Å². The summed E-state index contributed by atoms with van der Waals surface area (Å²) in [6, 6.07) is 19.6. The Labute approximate surface area is 154 Å². The number of para-hydroxylation sites is 1. The molecule has 1 aliphatic rings. The van der Waals surface area contributed by atoms with Gasteiger partial charge in [-0.15, -0.1) is 0 Å². The third-order valence-electron chi connectivity index (χ3n) is 4.67. The van der Waals surface area contributed by atoms with Crippen molar-refractivity contribution in [3.05, 3.63) is 89.1 Å². The number of hydrogen-bond acceptors (Lipinski definition) is 3. The van der Waals surface area contributed by atoms with Gasteiger partial charge in [0.15, 0.2) is 6.23 Å². The highest BCUT2D eigenvalue weighted by Gasteiger charge is 2.30. The summed E-state index contributed by atoms with van der Waals surface area (Å²) < 4.78 is 0. The summed E-state index contributed by atoms with van der Waals surface area (Å²) in [7, 11) is 0. The van der Waals surface area contributed by atoms with E-state index in [9.17, 15) is 9.90 Å². The zero-order valence-corrected chi connectivity index (χ0v) is 15.1. The first kappa shape index (κ1) is 18.0. The van der Waals surface area contributed by atoms with E-state index in [1.54, 1.807) is 11.0 Å². The minimum atomic E-state index is -1.00. The van der Waals surface area contributed by atoms with Crippen LogP contribution in [-0.2, 0) is 11.2 Å². The van der Waals surface area contributed by atoms with Gasteiger partial charge in [0.2, 0.25) is 0 Å². The second-order valence-corrected chi connectivity index (χ2v) is 6.44. The molecule has 2 N–H and O–H groups in total. The van der Waals surface area contributed by atoms with Crippen molar-refractivity contribution in [1.29, 1.82) is 0 Å². The predicted molar refractivity (Wildman–Crippen MR) is 105 cm³/mol. The normalized spacial score (nSPS) is 17.1. The van der Waals surface area contributed by atoms with Crippen molar-refractivity contribution in [3.8, 4) is 0 Å². The van der Waals surface area contributed by atoms with E-state index in [1.165, 1.54) is 5.56 Å². The molecule has 0 fully saturated rings. The lowest BCUT2D eigenvalue weighted by Crippen LogP contribution is -2.43. The minimum absolute atomic E-state index is 0.235. The molecule has 1 heterocycles. The van der Waals surface area contributed by atoms with Crippen LogP contribution in [0.2, 0.25) is 0 Å². The van der Waals surface area contributed by atoms with Crippen molar-refractivity contribution >= 4 is 11.6 Å². The van der Waals surface area contributed by atoms with E-state index in [-0.39, 0.29) is 5.91 Å². The van der Waals surface area contributed by atoms with Crippen LogP contribution in [0.3, 0.4) is 0 Å². The predicted octanol–water partition coefficient (Wildman–Crippen LogP) is 3.40. The van der Waals surface area contributed by atoms with E-state index in [0.717, 1.165) is 23.4 Å². The summed E-state index contributed by atoms with van der Waals surface area (Å²) in [4.78, 5) is 14.4. The molecule has 0 bridgehead atoms. The summed E-state index contributed by atoms with van der Waals surface area (Å²) in [5.74, 6) is -0.235. The van der Waals surface area contributed by atoms with E-state index < -0.39 is 6.23 Å². The maximum Gasteiger partial charge on any atom is 0.251 e. The fourth-order valence-corrected chi connectivity index (χ4v) is 3.10. The molecule has 26 heavy (non-hydrogen) atoms. The number of benzene rings is 2. The Balaban J connectivity index is 1.72. The number of amides is 1. The Bertz CT molecular complexity index is 826. The first-order chi connectivity index (χ1) is 12.6. The van der Waals surface area contributed by atoms with Gasteiger partial charge in [-0.2, -0.15) is 0 Å². The molecule has 1 aliphatic heterocycles. The summed E-state index contributed by atoms with van der Waals surface area (Å²) in [6.07, 6.45) is 1.53. The maximum atomic E-state index is 12.6. The van der Waals surface area contributed by atoms with Gasteiger partial charge in [-0.05, 0) is 49.6 Å². The third-order valence-corrected chi connectivity index (χ3v) is 4.67. The second kappa shape index (κ2) is 8.02. The molecule has 3 rings (SSSR count). The van der Waals surface area contributed by atoms with Gasteiger partial charge in [0.05, 0.1) is 5.57 Å². The molecule has 0 saturated carbocycles. The average Bonchev–Trinajstić information content (AvgIpc) is 2.66. The Morgan fingerprint density at radius 2 is 1.65 bits per heavy atom. The number of aliphatic hydroxyl groups is 1. The fourth-order valence-electron chi connectivity index (χ4n) is 3.10. The van der Waals surface area contributed by atoms with Crippen molar-refractivity contribution in [2.24, 2.45) is 0 Å². The van der Waals surface area contributed by atoms with Crippen molar-refractivity contribution in [1.82, 2.24) is 5.32 Å². The number of carbonyl (C=O) groups excluding carboxylic acids is 1. The van der Waals surface area contributed by atoms with Crippen molar-refractivity contribution < 1.29 is 9.90 Å². The van der Waals surface area contributed by atoms with Crippen LogP contribution in [0.4, 0.5) is 5.69 Å². The molecule has 4 heteroatoms. The number of nitrogens with zero attached hydrogens (tertiary/aromatic N) is 1. The quantitative estimate of drug-likeness (QED) is 0.871. The molecular weight excluding hydrogens is 324 g/mol. The number of hydrogen-bond donors (Lipinski definition) is 2. The number of nitrogens with one attached hydrogen (secondary N) is 1. The van der Waals surface area contributed by atoms with E-state index in [2.05, 4.69) is 5.32 Å². The molecule has 1 atom stereocenters. The van der Waals surface area contributed by atoms with E-state index in [1.807, 2.05) is 74.5 Å². The molecule has 4 nitrogen and oxygen atoms in total. The number of allylic oxidation sites excluding steroid dienone is 3. The lowest BCUT2D eigenvalue weighted by molar-refractivity contribution is -0.118. The van der Waals surface area contributed by atoms with Crippen LogP contribution in [0.5, 0.6) is 0 Å². The standard InChI is InChI=1S/C22H24N2O2/c1-16-15-20(21(25)23-14-13-18-9-5-3-6-10-18)22(26)24(17(16)2)19-11-7-4-8-12-19/h3-12,15,22,26H,13-14H2,1-2H3,(H,23,25). The fraction of sp³-hybridized carbons (Fsp3) is 0.227. The Morgan fingerprint density at radius 1 is 1.04 bits per heavy atom. The van der Waals surface area contributed by atoms with Crippen LogP contribution in [0.25, 0.3) is 0 Å². The number of rotatable bonds is 5. The smallest absolute Gasteiger partial charge is 0.251 e. The molecule has 0 aromatic heterocycles. The van der Waals surface area contributed by atoms with Crippen molar-refractivity contribution in [2.45, 2.75) is 26.5 Å². The number of carbonyl (C=O) groups is 1. The van der Waals surface area contributed by atoms with Crippen molar-refractivity contribution in [3.63, 3.8) is 0 Å². The lowest BCUT2D eigenvalue weighted by atomic mass is 10.0. The Morgan fingerprint density at radius 3 is 2.31 bits per heavy atom. The van der Waals surface area contributed by atoms with E-state index >= 15 is 0 Å². The lowest BCUT2D eigenvalue weighted by Gasteiger charge is -2.35. The maximum absolute atomic E-state index is 12.6. The van der Waals surface area contributed by atoms with Crippen molar-refractivity contribution in [2.75, 3.05) is 11.4 Å². The van der Waals surface area contributed by atoms with Gasteiger partial charge >= 0.3 is 0 Å². The Kier molecular flexibility index (Phi) is 5.54. The van der Waals surface area contributed by atoms with Crippen LogP contribution >= 0.6 is 0 Å². The van der Waals surface area contributed by atoms with Crippen LogP contribution in [0, 0.1) is 0 Å². The van der Waals surface area contributed by atoms with Gasteiger partial charge in [0.25, 0.3) is 5.91 Å². The van der Waals surface area contributed by atoms with Gasteiger partial charge < -0.3 is 15.3 Å². The highest BCUT2D eigenvalue weighted by atomic mass is 16.3. The molecule has 0 saturated heterocycles. The highest BCUT2D eigenvalue weighted by molar-refractivity contribution is 5.96. The molecule has 2 aromatic carbocycles. The van der Waals surface area contributed by atoms with Crippen LogP contribution in [0.1, 0.15) is 19.4 Å². The number of anilines is 1. The van der Waals surface area contributed by atoms with Gasteiger partial charge in [-0.1, -0.05) is 48.5 Å². The molecule has 134 valence electrons. The molecule has 2 aromatic rings. The largest absolute Gasteiger partial charge is 0.369 e. The molecule has 0 radical (unpaired) electrons. The first-order valence-electron chi connectivity index (χ1n) is 8.81. The van der Waals surface area contributed by atoms with E-state index in [0.29, 0.717) is 12.1 Å². The van der Waals surface area contributed by atoms with Gasteiger partial charge in [-0.3, -0.25) is 4.79 Å². The zero-order valence-electron chi connectivity index (χ0n) is 15.1. The Hall–Kier alpha value is -2.85. The van der Waals surface area contributed by atoms with Crippen LogP contribution in [0.15, 0.2) is 83.6 Å². The van der Waals surface area contributed by atoms with Crippen LogP contribution in [-0.4, -0.2) is 23.8 Å². The molecule has 0 spiro atoms. The molecule has 1 unspecified atom stereocenters. The molecular formula is C22H24N2O2. The van der Waals surface area contributed by atoms with E-state index in [4.69, 9.17) is 0 Å². The van der Waals surface area contributed by atoms with Crippen LogP contribution < -0.4 is 10.2 Å². The molecule has 0 aliphatic carbocycles. The monoisotopic (exact) mass is 348 g/mol. The van der Waals surface area contributed by atoms with Gasteiger partial charge in [-0.25, -0.2) is 0 Å². The van der Waals surface area contributed by atoms with Gasteiger partial charge in [0.1, 0.15) is 0 Å². The summed E-state index contributed by atoms with van der Waals surface area (Å²) in [5.41, 5.74) is 4.30. The first-order valence-corrected chi connectivity index (χ1v) is 8.81. The number of aliphatic hydroxyl groups excluding tert-OH is 1. The SMILES string of the molecule is CC1=C(C)N(c2ccccc2)C(O)C(C(=O)NCCc2ccccc2)=C1.